The van der Waals surface area contributed by atoms with E-state index < -0.39 is 0 Å². The van der Waals surface area contributed by atoms with Crippen LogP contribution in [-0.2, 0) is 4.74 Å². The van der Waals surface area contributed by atoms with Crippen LogP contribution in [0, 0.1) is 11.8 Å². The summed E-state index contributed by atoms with van der Waals surface area (Å²) in [5, 5.41) is 3.54. The molecule has 3 atom stereocenters. The lowest BCUT2D eigenvalue weighted by Crippen LogP contribution is -2.47. The van der Waals surface area contributed by atoms with Crippen molar-refractivity contribution in [1.82, 2.24) is 10.2 Å². The molecule has 3 unspecified atom stereocenters. The molecule has 3 aliphatic rings. The highest BCUT2D eigenvalue weighted by Crippen LogP contribution is 2.40. The molecule has 3 heterocycles. The number of hydrogen-bond donors (Lipinski definition) is 1. The molecule has 16 heavy (non-hydrogen) atoms. The van der Waals surface area contributed by atoms with Crippen molar-refractivity contribution < 1.29 is 4.74 Å². The maximum absolute atomic E-state index is 5.77. The monoisotopic (exact) mass is 224 g/mol. The molecule has 0 spiro atoms. The van der Waals surface area contributed by atoms with Gasteiger partial charge in [-0.1, -0.05) is 0 Å². The van der Waals surface area contributed by atoms with Crippen LogP contribution in [0.15, 0.2) is 0 Å². The second-order valence-electron chi connectivity index (χ2n) is 6.22. The second kappa shape index (κ2) is 3.97. The van der Waals surface area contributed by atoms with Gasteiger partial charge in [-0.2, -0.15) is 0 Å². The average Bonchev–Trinajstić information content (AvgIpc) is 2.89. The molecule has 0 bridgehead atoms. The molecular weight excluding hydrogens is 200 g/mol. The summed E-state index contributed by atoms with van der Waals surface area (Å²) in [6, 6.07) is 0. The molecule has 3 nitrogen and oxygen atoms in total. The summed E-state index contributed by atoms with van der Waals surface area (Å²) < 4.78 is 5.77. The highest BCUT2D eigenvalue weighted by atomic mass is 16.5. The van der Waals surface area contributed by atoms with Crippen molar-refractivity contribution in [3.8, 4) is 0 Å². The highest BCUT2D eigenvalue weighted by molar-refractivity contribution is 5.04. The maximum atomic E-state index is 5.77. The van der Waals surface area contributed by atoms with Crippen molar-refractivity contribution >= 4 is 0 Å². The molecule has 0 aromatic rings. The molecule has 3 aliphatic heterocycles. The van der Waals surface area contributed by atoms with E-state index in [0.29, 0.717) is 11.6 Å². The number of likely N-dealkylation sites (tertiary alicyclic amines) is 1. The Morgan fingerprint density at radius 1 is 1.38 bits per heavy atom. The third kappa shape index (κ3) is 1.69. The van der Waals surface area contributed by atoms with Gasteiger partial charge in [0, 0.05) is 31.8 Å². The first kappa shape index (κ1) is 11.0. The fourth-order valence-electron chi connectivity index (χ4n) is 3.85. The first-order chi connectivity index (χ1) is 7.68. The van der Waals surface area contributed by atoms with Crippen LogP contribution >= 0.6 is 0 Å². The van der Waals surface area contributed by atoms with Crippen molar-refractivity contribution in [1.29, 1.82) is 0 Å². The normalized spacial score (nSPS) is 42.8. The predicted octanol–water partition coefficient (Wildman–Crippen LogP) is 1.10. The number of hydrogen-bond acceptors (Lipinski definition) is 3. The van der Waals surface area contributed by atoms with Gasteiger partial charge in [-0.25, -0.2) is 0 Å². The van der Waals surface area contributed by atoms with Crippen LogP contribution in [0.1, 0.15) is 26.7 Å². The minimum Gasteiger partial charge on any atom is -0.377 e. The first-order valence-corrected chi connectivity index (χ1v) is 6.75. The topological polar surface area (TPSA) is 24.5 Å². The number of rotatable bonds is 2. The van der Waals surface area contributed by atoms with Crippen LogP contribution in [0.4, 0.5) is 0 Å². The molecule has 3 heteroatoms. The van der Waals surface area contributed by atoms with E-state index in [1.165, 1.54) is 32.5 Å². The van der Waals surface area contributed by atoms with Gasteiger partial charge in [0.2, 0.25) is 0 Å². The molecule has 0 saturated carbocycles. The molecule has 0 amide bonds. The molecule has 0 aromatic heterocycles. The van der Waals surface area contributed by atoms with Gasteiger partial charge in [0.25, 0.3) is 0 Å². The van der Waals surface area contributed by atoms with Crippen LogP contribution in [0.3, 0.4) is 0 Å². The molecular formula is C13H24N2O. The summed E-state index contributed by atoms with van der Waals surface area (Å²) in [6.45, 7) is 10.7. The predicted molar refractivity (Wildman–Crippen MR) is 64.5 cm³/mol. The molecule has 0 aromatic carbocycles. The number of ether oxygens (including phenoxy) is 1. The van der Waals surface area contributed by atoms with E-state index in [0.717, 1.165) is 25.0 Å². The van der Waals surface area contributed by atoms with Crippen LogP contribution in [0.5, 0.6) is 0 Å². The van der Waals surface area contributed by atoms with E-state index in [2.05, 4.69) is 24.1 Å². The Morgan fingerprint density at radius 3 is 2.94 bits per heavy atom. The summed E-state index contributed by atoms with van der Waals surface area (Å²) in [7, 11) is 0. The van der Waals surface area contributed by atoms with Crippen LogP contribution in [-0.4, -0.2) is 49.3 Å². The Morgan fingerprint density at radius 2 is 2.25 bits per heavy atom. The van der Waals surface area contributed by atoms with Gasteiger partial charge in [0.15, 0.2) is 0 Å². The Hall–Kier alpha value is -0.120. The summed E-state index contributed by atoms with van der Waals surface area (Å²) >= 11 is 0. The summed E-state index contributed by atoms with van der Waals surface area (Å²) in [5.41, 5.74) is 0.361. The largest absolute Gasteiger partial charge is 0.377 e. The Bertz CT molecular complexity index is 261. The van der Waals surface area contributed by atoms with Gasteiger partial charge in [-0.3, -0.25) is 4.90 Å². The molecule has 3 fully saturated rings. The maximum Gasteiger partial charge on any atom is 0.0703 e. The number of fused-ring (bicyclic) bond motifs is 1. The summed E-state index contributed by atoms with van der Waals surface area (Å²) in [4.78, 5) is 2.68. The van der Waals surface area contributed by atoms with Gasteiger partial charge in [-0.15, -0.1) is 0 Å². The molecule has 3 rings (SSSR count). The van der Waals surface area contributed by atoms with Crippen molar-refractivity contribution in [3.63, 3.8) is 0 Å². The molecule has 1 N–H and O–H groups in total. The SMILES string of the molecule is CC1(C)C2CNCC2CN1CC1CCCO1. The fourth-order valence-corrected chi connectivity index (χ4v) is 3.85. The zero-order valence-corrected chi connectivity index (χ0v) is 10.5. The third-order valence-corrected chi connectivity index (χ3v) is 4.97. The molecule has 3 saturated heterocycles. The second-order valence-corrected chi connectivity index (χ2v) is 6.22. The summed E-state index contributed by atoms with van der Waals surface area (Å²) in [6.07, 6.45) is 3.03. The fraction of sp³-hybridized carbons (Fsp3) is 1.00. The standard InChI is InChI=1S/C13H24N2O/c1-13(2)12-7-14-6-10(12)8-15(13)9-11-4-3-5-16-11/h10-12,14H,3-9H2,1-2H3. The minimum atomic E-state index is 0.361. The Kier molecular flexibility index (Phi) is 2.73. The molecule has 0 radical (unpaired) electrons. The first-order valence-electron chi connectivity index (χ1n) is 6.75. The van der Waals surface area contributed by atoms with Gasteiger partial charge in [0.1, 0.15) is 0 Å². The minimum absolute atomic E-state index is 0.361. The van der Waals surface area contributed by atoms with Crippen molar-refractivity contribution in [2.45, 2.75) is 38.3 Å². The number of nitrogens with one attached hydrogen (secondary N) is 1. The van der Waals surface area contributed by atoms with Gasteiger partial charge in [0.05, 0.1) is 6.10 Å². The van der Waals surface area contributed by atoms with Crippen molar-refractivity contribution in [2.75, 3.05) is 32.8 Å². The molecule has 0 aliphatic carbocycles. The third-order valence-electron chi connectivity index (χ3n) is 4.97. The zero-order valence-electron chi connectivity index (χ0n) is 10.5. The zero-order chi connectivity index (χ0) is 11.2. The van der Waals surface area contributed by atoms with E-state index in [4.69, 9.17) is 4.74 Å². The van der Waals surface area contributed by atoms with Crippen LogP contribution < -0.4 is 5.32 Å². The highest BCUT2D eigenvalue weighted by Gasteiger charge is 2.49. The van der Waals surface area contributed by atoms with Crippen LogP contribution in [0.2, 0.25) is 0 Å². The lowest BCUT2D eigenvalue weighted by Gasteiger charge is -2.36. The van der Waals surface area contributed by atoms with E-state index >= 15 is 0 Å². The average molecular weight is 224 g/mol. The molecule has 92 valence electrons. The van der Waals surface area contributed by atoms with E-state index in [9.17, 15) is 0 Å². The number of nitrogens with zero attached hydrogens (tertiary/aromatic N) is 1. The van der Waals surface area contributed by atoms with Gasteiger partial charge in [-0.05, 0) is 45.1 Å². The van der Waals surface area contributed by atoms with E-state index in [1.54, 1.807) is 0 Å². The van der Waals surface area contributed by atoms with Crippen molar-refractivity contribution in [2.24, 2.45) is 11.8 Å². The van der Waals surface area contributed by atoms with Gasteiger partial charge >= 0.3 is 0 Å². The quantitative estimate of drug-likeness (QED) is 0.760. The van der Waals surface area contributed by atoms with E-state index in [1.807, 2.05) is 0 Å². The Balaban J connectivity index is 1.67. The summed E-state index contributed by atoms with van der Waals surface area (Å²) in [5.74, 6) is 1.71. The van der Waals surface area contributed by atoms with Crippen LogP contribution in [0.25, 0.3) is 0 Å². The van der Waals surface area contributed by atoms with Gasteiger partial charge < -0.3 is 10.1 Å². The smallest absolute Gasteiger partial charge is 0.0703 e. The lowest BCUT2D eigenvalue weighted by molar-refractivity contribution is 0.0421. The van der Waals surface area contributed by atoms with Crippen molar-refractivity contribution in [3.05, 3.63) is 0 Å². The lowest BCUT2D eigenvalue weighted by atomic mass is 9.85. The van der Waals surface area contributed by atoms with E-state index in [-0.39, 0.29) is 0 Å². The Labute approximate surface area is 98.5 Å².